The maximum atomic E-state index is 11.2. The molecular weight excluding hydrogens is 218 g/mol. The molecule has 0 bridgehead atoms. The van der Waals surface area contributed by atoms with Crippen LogP contribution in [0.5, 0.6) is 0 Å². The number of amides is 1. The fraction of sp³-hybridized carbons (Fsp3) is 0.667. The molecule has 1 unspecified atom stereocenters. The average Bonchev–Trinajstić information content (AvgIpc) is 2.64. The van der Waals surface area contributed by atoms with Crippen LogP contribution in [0, 0.1) is 0 Å². The number of nitrogens with zero attached hydrogens (tertiary/aromatic N) is 1. The summed E-state index contributed by atoms with van der Waals surface area (Å²) in [7, 11) is -3.42. The predicted octanol–water partition coefficient (Wildman–Crippen LogP) is 0.140. The van der Waals surface area contributed by atoms with E-state index in [4.69, 9.17) is 4.18 Å². The van der Waals surface area contributed by atoms with Crippen LogP contribution >= 0.6 is 0 Å². The highest BCUT2D eigenvalue weighted by Crippen LogP contribution is 2.15. The highest BCUT2D eigenvalue weighted by molar-refractivity contribution is 7.86. The minimum Gasteiger partial charge on any atom is -0.336 e. The summed E-state index contributed by atoms with van der Waals surface area (Å²) in [4.78, 5) is 12.7. The van der Waals surface area contributed by atoms with Gasteiger partial charge >= 0.3 is 0 Å². The Morgan fingerprint density at radius 2 is 2.33 bits per heavy atom. The van der Waals surface area contributed by atoms with Crippen LogP contribution in [0.4, 0.5) is 0 Å². The van der Waals surface area contributed by atoms with E-state index in [9.17, 15) is 13.2 Å². The monoisotopic (exact) mass is 233 g/mol. The largest absolute Gasteiger partial charge is 0.336 e. The van der Waals surface area contributed by atoms with Gasteiger partial charge in [-0.25, -0.2) is 0 Å². The molecule has 15 heavy (non-hydrogen) atoms. The Bertz CT molecular complexity index is 349. The zero-order valence-corrected chi connectivity index (χ0v) is 9.50. The van der Waals surface area contributed by atoms with Gasteiger partial charge in [0.1, 0.15) is 0 Å². The van der Waals surface area contributed by atoms with Crippen LogP contribution in [0.2, 0.25) is 0 Å². The Kier molecular flexibility index (Phi) is 3.87. The van der Waals surface area contributed by atoms with Crippen molar-refractivity contribution in [3.8, 4) is 0 Å². The lowest BCUT2D eigenvalue weighted by Gasteiger charge is -2.14. The summed E-state index contributed by atoms with van der Waals surface area (Å²) in [6.45, 7) is 5.74. The Morgan fingerprint density at radius 1 is 1.67 bits per heavy atom. The van der Waals surface area contributed by atoms with Crippen LogP contribution in [0.1, 0.15) is 13.3 Å². The van der Waals surface area contributed by atoms with Crippen LogP contribution < -0.4 is 0 Å². The van der Waals surface area contributed by atoms with Crippen LogP contribution in [0.3, 0.4) is 0 Å². The standard InChI is InChI=1S/C9H15NO4S/c1-3-9(11)10-6-5-8(7-10)14-15(12,13)4-2/h3,8H,1,4-7H2,2H3. The molecule has 5 nitrogen and oxygen atoms in total. The van der Waals surface area contributed by atoms with E-state index in [0.29, 0.717) is 19.5 Å². The molecule has 1 aliphatic rings. The minimum absolute atomic E-state index is 0.0428. The van der Waals surface area contributed by atoms with Gasteiger partial charge in [-0.1, -0.05) is 6.58 Å². The molecule has 1 aliphatic heterocycles. The summed E-state index contributed by atoms with van der Waals surface area (Å²) in [5, 5.41) is 0. The molecule has 0 radical (unpaired) electrons. The zero-order valence-electron chi connectivity index (χ0n) is 8.68. The molecule has 1 rings (SSSR count). The van der Waals surface area contributed by atoms with Gasteiger partial charge < -0.3 is 4.90 Å². The van der Waals surface area contributed by atoms with E-state index in [1.807, 2.05) is 0 Å². The van der Waals surface area contributed by atoms with Gasteiger partial charge in [-0.3, -0.25) is 8.98 Å². The van der Waals surface area contributed by atoms with Crippen molar-refractivity contribution in [3.05, 3.63) is 12.7 Å². The van der Waals surface area contributed by atoms with E-state index in [1.165, 1.54) is 17.9 Å². The van der Waals surface area contributed by atoms with E-state index >= 15 is 0 Å². The molecule has 0 aliphatic carbocycles. The molecule has 0 aromatic heterocycles. The second-order valence-corrected chi connectivity index (χ2v) is 5.23. The van der Waals surface area contributed by atoms with E-state index in [1.54, 1.807) is 0 Å². The average molecular weight is 233 g/mol. The van der Waals surface area contributed by atoms with Crippen molar-refractivity contribution in [2.24, 2.45) is 0 Å². The normalized spacial score (nSPS) is 21.7. The third-order valence-corrected chi connectivity index (χ3v) is 3.54. The molecule has 0 N–H and O–H groups in total. The molecule has 0 spiro atoms. The first-order valence-electron chi connectivity index (χ1n) is 4.81. The third kappa shape index (κ3) is 3.32. The molecule has 1 amide bonds. The lowest BCUT2D eigenvalue weighted by molar-refractivity contribution is -0.125. The summed E-state index contributed by atoms with van der Waals surface area (Å²) < 4.78 is 27.2. The molecular formula is C9H15NO4S. The van der Waals surface area contributed by atoms with Gasteiger partial charge in [-0.2, -0.15) is 8.42 Å². The highest BCUT2D eigenvalue weighted by atomic mass is 32.2. The van der Waals surface area contributed by atoms with Crippen molar-refractivity contribution < 1.29 is 17.4 Å². The molecule has 1 heterocycles. The van der Waals surface area contributed by atoms with Gasteiger partial charge in [0.25, 0.3) is 10.1 Å². The van der Waals surface area contributed by atoms with Gasteiger partial charge in [0.2, 0.25) is 5.91 Å². The van der Waals surface area contributed by atoms with Crippen LogP contribution in [0.15, 0.2) is 12.7 Å². The zero-order chi connectivity index (χ0) is 11.5. The van der Waals surface area contributed by atoms with E-state index in [2.05, 4.69) is 6.58 Å². The second-order valence-electron chi connectivity index (χ2n) is 3.34. The van der Waals surface area contributed by atoms with Gasteiger partial charge in [-0.05, 0) is 19.4 Å². The van der Waals surface area contributed by atoms with Crippen LogP contribution in [-0.2, 0) is 19.1 Å². The number of carbonyl (C=O) groups excluding carboxylic acids is 1. The SMILES string of the molecule is C=CC(=O)N1CCC(OS(=O)(=O)CC)C1. The Balaban J connectivity index is 2.50. The first-order valence-corrected chi connectivity index (χ1v) is 6.38. The molecule has 0 saturated carbocycles. The summed E-state index contributed by atoms with van der Waals surface area (Å²) in [6, 6.07) is 0. The molecule has 1 fully saturated rings. The Morgan fingerprint density at radius 3 is 2.87 bits per heavy atom. The van der Waals surface area contributed by atoms with E-state index < -0.39 is 16.2 Å². The van der Waals surface area contributed by atoms with Gasteiger partial charge in [0.05, 0.1) is 11.9 Å². The van der Waals surface area contributed by atoms with E-state index in [0.717, 1.165) is 0 Å². The van der Waals surface area contributed by atoms with Gasteiger partial charge in [0.15, 0.2) is 0 Å². The van der Waals surface area contributed by atoms with Crippen molar-refractivity contribution in [1.29, 1.82) is 0 Å². The summed E-state index contributed by atoms with van der Waals surface area (Å²) in [6.07, 6.45) is 1.37. The maximum Gasteiger partial charge on any atom is 0.267 e. The smallest absolute Gasteiger partial charge is 0.267 e. The maximum absolute atomic E-state index is 11.2. The predicted molar refractivity (Wildman–Crippen MR) is 55.7 cm³/mol. The van der Waals surface area contributed by atoms with Gasteiger partial charge in [-0.15, -0.1) is 0 Å². The number of hydrogen-bond acceptors (Lipinski definition) is 4. The van der Waals surface area contributed by atoms with Crippen molar-refractivity contribution in [2.45, 2.75) is 19.4 Å². The quantitative estimate of drug-likeness (QED) is 0.512. The minimum atomic E-state index is -3.42. The molecule has 6 heteroatoms. The Labute approximate surface area is 89.8 Å². The van der Waals surface area contributed by atoms with Crippen molar-refractivity contribution in [1.82, 2.24) is 4.90 Å². The third-order valence-electron chi connectivity index (χ3n) is 2.27. The summed E-state index contributed by atoms with van der Waals surface area (Å²) in [5.74, 6) is -0.228. The molecule has 0 aromatic carbocycles. The van der Waals surface area contributed by atoms with Gasteiger partial charge in [0, 0.05) is 13.1 Å². The van der Waals surface area contributed by atoms with Crippen molar-refractivity contribution in [3.63, 3.8) is 0 Å². The summed E-state index contributed by atoms with van der Waals surface area (Å²) >= 11 is 0. The van der Waals surface area contributed by atoms with Crippen molar-refractivity contribution in [2.75, 3.05) is 18.8 Å². The number of rotatable bonds is 4. The topological polar surface area (TPSA) is 63.7 Å². The number of likely N-dealkylation sites (tertiary alicyclic amines) is 1. The first-order chi connectivity index (χ1) is 6.98. The molecule has 0 aromatic rings. The van der Waals surface area contributed by atoms with Crippen molar-refractivity contribution >= 4 is 16.0 Å². The molecule has 1 atom stereocenters. The lowest BCUT2D eigenvalue weighted by Crippen LogP contribution is -2.29. The Hall–Kier alpha value is -0.880. The molecule has 86 valence electrons. The second kappa shape index (κ2) is 4.76. The fourth-order valence-corrected chi connectivity index (χ4v) is 2.12. The number of hydrogen-bond donors (Lipinski definition) is 0. The molecule has 1 saturated heterocycles. The highest BCUT2D eigenvalue weighted by Gasteiger charge is 2.28. The van der Waals surface area contributed by atoms with Crippen LogP contribution in [-0.4, -0.2) is 44.2 Å². The number of carbonyl (C=O) groups is 1. The van der Waals surface area contributed by atoms with Crippen LogP contribution in [0.25, 0.3) is 0 Å². The lowest BCUT2D eigenvalue weighted by atomic mass is 10.3. The first kappa shape index (κ1) is 12.2. The summed E-state index contributed by atoms with van der Waals surface area (Å²) in [5.41, 5.74) is 0. The fourth-order valence-electron chi connectivity index (χ4n) is 1.41. The van der Waals surface area contributed by atoms with E-state index in [-0.39, 0.29) is 11.7 Å².